The maximum Gasteiger partial charge on any atom is 0.333 e. The van der Waals surface area contributed by atoms with Gasteiger partial charge in [0.15, 0.2) is 11.2 Å². The number of amides is 1. The van der Waals surface area contributed by atoms with Crippen LogP contribution in [-0.2, 0) is 24.4 Å². The Labute approximate surface area is 185 Å². The number of carbonyl (C=O) groups excluding carboxylic acids is 1. The summed E-state index contributed by atoms with van der Waals surface area (Å²) in [5.41, 5.74) is 0.658. The smallest absolute Gasteiger partial charge is 0.333 e. The van der Waals surface area contributed by atoms with Crippen LogP contribution in [0.15, 0.2) is 81.1 Å². The Bertz CT molecular complexity index is 1370. The van der Waals surface area contributed by atoms with Gasteiger partial charge in [-0.1, -0.05) is 64.5 Å². The third-order valence-corrected chi connectivity index (χ3v) is 5.54. The summed E-state index contributed by atoms with van der Waals surface area (Å²) in [6.07, 6.45) is 2.77. The van der Waals surface area contributed by atoms with Crippen molar-refractivity contribution in [2.24, 2.45) is 0 Å². The third kappa shape index (κ3) is 4.46. The largest absolute Gasteiger partial charge is 0.350 e. The number of hydrogen-bond acceptors (Lipinski definition) is 5. The summed E-state index contributed by atoms with van der Waals surface area (Å²) in [5.74, 6) is -0.380. The molecule has 0 saturated carbocycles. The first-order valence-corrected chi connectivity index (χ1v) is 10.3. The Kier molecular flexibility index (Phi) is 6.03. The Morgan fingerprint density at radius 1 is 0.935 bits per heavy atom. The molecule has 0 aliphatic rings. The first-order chi connectivity index (χ1) is 15.0. The second-order valence-electron chi connectivity index (χ2n) is 6.84. The van der Waals surface area contributed by atoms with Crippen LogP contribution in [-0.4, -0.2) is 25.0 Å². The van der Waals surface area contributed by atoms with E-state index >= 15 is 0 Å². The maximum atomic E-state index is 13.1. The molecule has 2 aromatic heterocycles. The van der Waals surface area contributed by atoms with E-state index in [0.717, 1.165) is 20.2 Å². The number of hydrogen-bond donors (Lipinski definition) is 1. The Hall–Kier alpha value is -3.59. The predicted molar refractivity (Wildman–Crippen MR) is 120 cm³/mol. The van der Waals surface area contributed by atoms with Gasteiger partial charge in [0.25, 0.3) is 5.56 Å². The molecule has 0 spiro atoms. The van der Waals surface area contributed by atoms with Crippen LogP contribution in [0.3, 0.4) is 0 Å². The highest BCUT2D eigenvalue weighted by atomic mass is 79.9. The van der Waals surface area contributed by atoms with Gasteiger partial charge in [0, 0.05) is 23.4 Å². The van der Waals surface area contributed by atoms with E-state index in [0.29, 0.717) is 6.54 Å². The highest BCUT2D eigenvalue weighted by Crippen LogP contribution is 2.15. The topological polar surface area (TPSA) is 98.9 Å². The molecule has 0 atom stereocenters. The van der Waals surface area contributed by atoms with Crippen LogP contribution in [0.5, 0.6) is 0 Å². The molecular weight excluding hydrogens is 462 g/mol. The first kappa shape index (κ1) is 20.7. The number of rotatable bonds is 6. The lowest BCUT2D eigenvalue weighted by atomic mass is 10.2. The lowest BCUT2D eigenvalue weighted by molar-refractivity contribution is -0.121. The summed E-state index contributed by atoms with van der Waals surface area (Å²) in [5, 5.41) is 2.80. The molecule has 0 aliphatic carbocycles. The van der Waals surface area contributed by atoms with Gasteiger partial charge in [0.05, 0.1) is 6.54 Å². The summed E-state index contributed by atoms with van der Waals surface area (Å²) in [6.45, 7) is 0.0828. The minimum atomic E-state index is -0.613. The Morgan fingerprint density at radius 3 is 2.42 bits per heavy atom. The zero-order valence-electron chi connectivity index (χ0n) is 16.4. The van der Waals surface area contributed by atoms with Gasteiger partial charge in [-0.25, -0.2) is 14.8 Å². The van der Waals surface area contributed by atoms with Gasteiger partial charge in [-0.2, -0.15) is 0 Å². The molecule has 8 nitrogen and oxygen atoms in total. The molecule has 0 aliphatic heterocycles. The molecule has 156 valence electrons. The number of aromatic nitrogens is 4. The lowest BCUT2D eigenvalue weighted by Crippen LogP contribution is -2.43. The highest BCUT2D eigenvalue weighted by Gasteiger charge is 2.17. The van der Waals surface area contributed by atoms with Gasteiger partial charge < -0.3 is 5.32 Å². The molecule has 0 unspecified atom stereocenters. The Morgan fingerprint density at radius 2 is 1.65 bits per heavy atom. The van der Waals surface area contributed by atoms with Gasteiger partial charge in [0.1, 0.15) is 6.54 Å². The van der Waals surface area contributed by atoms with Gasteiger partial charge in [-0.05, 0) is 17.2 Å². The monoisotopic (exact) mass is 479 g/mol. The third-order valence-electron chi connectivity index (χ3n) is 4.76. The predicted octanol–water partition coefficient (Wildman–Crippen LogP) is 2.08. The zero-order valence-corrected chi connectivity index (χ0v) is 17.9. The fourth-order valence-electron chi connectivity index (χ4n) is 3.21. The number of nitrogens with zero attached hydrogens (tertiary/aromatic N) is 4. The molecule has 0 radical (unpaired) electrons. The first-order valence-electron chi connectivity index (χ1n) is 9.53. The molecule has 0 fully saturated rings. The van der Waals surface area contributed by atoms with Gasteiger partial charge in [0.2, 0.25) is 5.91 Å². The molecular formula is C22H18BrN5O3. The van der Waals surface area contributed by atoms with Crippen LogP contribution in [0.2, 0.25) is 0 Å². The normalized spacial score (nSPS) is 10.9. The number of carbonyl (C=O) groups is 1. The number of fused-ring (bicyclic) bond motifs is 1. The van der Waals surface area contributed by atoms with Crippen molar-refractivity contribution in [3.05, 3.63) is 103 Å². The van der Waals surface area contributed by atoms with Crippen molar-refractivity contribution in [3.63, 3.8) is 0 Å². The van der Waals surface area contributed by atoms with Gasteiger partial charge in [-0.15, -0.1) is 0 Å². The van der Waals surface area contributed by atoms with Crippen molar-refractivity contribution in [1.82, 2.24) is 24.4 Å². The average molecular weight is 480 g/mol. The van der Waals surface area contributed by atoms with Crippen molar-refractivity contribution in [1.29, 1.82) is 0 Å². The quantitative estimate of drug-likeness (QED) is 0.456. The summed E-state index contributed by atoms with van der Waals surface area (Å²) in [7, 11) is 0. The van der Waals surface area contributed by atoms with E-state index in [2.05, 4.69) is 31.2 Å². The minimum Gasteiger partial charge on any atom is -0.350 e. The summed E-state index contributed by atoms with van der Waals surface area (Å²) in [4.78, 5) is 46.9. The van der Waals surface area contributed by atoms with E-state index < -0.39 is 11.2 Å². The van der Waals surface area contributed by atoms with Crippen molar-refractivity contribution in [2.45, 2.75) is 19.6 Å². The van der Waals surface area contributed by atoms with E-state index in [-0.39, 0.29) is 30.2 Å². The SMILES string of the molecule is O=C(Cn1c(=O)n(Cc2ccccc2)c(=O)c2nccnc21)NCc1ccccc1Br. The maximum absolute atomic E-state index is 13.1. The van der Waals surface area contributed by atoms with E-state index in [1.807, 2.05) is 54.6 Å². The van der Waals surface area contributed by atoms with E-state index in [1.54, 1.807) is 0 Å². The number of benzene rings is 2. The van der Waals surface area contributed by atoms with Crippen LogP contribution in [0.4, 0.5) is 0 Å². The molecule has 2 aromatic carbocycles. The molecule has 31 heavy (non-hydrogen) atoms. The molecule has 1 amide bonds. The van der Waals surface area contributed by atoms with Crippen LogP contribution >= 0.6 is 15.9 Å². The minimum absolute atomic E-state index is 0.0386. The van der Waals surface area contributed by atoms with E-state index in [9.17, 15) is 14.4 Å². The second-order valence-corrected chi connectivity index (χ2v) is 7.70. The molecule has 1 N–H and O–H groups in total. The lowest BCUT2D eigenvalue weighted by Gasteiger charge is -2.13. The van der Waals surface area contributed by atoms with Crippen LogP contribution in [0.25, 0.3) is 11.2 Å². The zero-order chi connectivity index (χ0) is 21.8. The standard InChI is InChI=1S/C22H18BrN5O3/c23-17-9-5-4-8-16(17)12-26-18(29)14-27-20-19(24-10-11-25-20)21(30)28(22(27)31)13-15-6-2-1-3-7-15/h1-11H,12-14H2,(H,26,29). The van der Waals surface area contributed by atoms with Crippen LogP contribution in [0.1, 0.15) is 11.1 Å². The van der Waals surface area contributed by atoms with Crippen molar-refractivity contribution in [3.8, 4) is 0 Å². The summed E-state index contributed by atoms with van der Waals surface area (Å²) in [6, 6.07) is 16.7. The van der Waals surface area contributed by atoms with Gasteiger partial charge >= 0.3 is 5.69 Å². The summed E-state index contributed by atoms with van der Waals surface area (Å²) >= 11 is 3.44. The van der Waals surface area contributed by atoms with Crippen molar-refractivity contribution >= 4 is 33.0 Å². The molecule has 0 saturated heterocycles. The van der Waals surface area contributed by atoms with E-state index in [1.165, 1.54) is 17.0 Å². The fraction of sp³-hybridized carbons (Fsp3) is 0.136. The van der Waals surface area contributed by atoms with Crippen LogP contribution < -0.4 is 16.6 Å². The molecule has 4 rings (SSSR count). The highest BCUT2D eigenvalue weighted by molar-refractivity contribution is 9.10. The van der Waals surface area contributed by atoms with Crippen molar-refractivity contribution in [2.75, 3.05) is 0 Å². The molecule has 4 aromatic rings. The second kappa shape index (κ2) is 9.05. The Balaban J connectivity index is 1.68. The van der Waals surface area contributed by atoms with Crippen molar-refractivity contribution < 1.29 is 4.79 Å². The average Bonchev–Trinajstić information content (AvgIpc) is 2.79. The molecule has 9 heteroatoms. The van der Waals surface area contributed by atoms with Crippen LogP contribution in [0, 0.1) is 0 Å². The van der Waals surface area contributed by atoms with Gasteiger partial charge in [-0.3, -0.25) is 18.7 Å². The van der Waals surface area contributed by atoms with E-state index in [4.69, 9.17) is 0 Å². The fourth-order valence-corrected chi connectivity index (χ4v) is 3.64. The molecule has 0 bridgehead atoms. The summed E-state index contributed by atoms with van der Waals surface area (Å²) < 4.78 is 3.13. The number of nitrogens with one attached hydrogen (secondary N) is 1. The number of halogens is 1. The molecule has 2 heterocycles.